The average Bonchev–Trinajstić information content (AvgIpc) is 3.12. The van der Waals surface area contributed by atoms with Gasteiger partial charge in [0, 0.05) is 5.56 Å². The summed E-state index contributed by atoms with van der Waals surface area (Å²) in [6.07, 6.45) is -0.773. The molecule has 0 aliphatic heterocycles. The first-order valence-electron chi connectivity index (χ1n) is 8.50. The van der Waals surface area contributed by atoms with Crippen molar-refractivity contribution in [2.24, 2.45) is 0 Å². The molecule has 1 heterocycles. The van der Waals surface area contributed by atoms with E-state index in [0.717, 1.165) is 11.1 Å². The molecule has 7 heteroatoms. The maximum absolute atomic E-state index is 12.5. The van der Waals surface area contributed by atoms with Gasteiger partial charge in [0.25, 0.3) is 5.91 Å². The number of para-hydroxylation sites is 2. The van der Waals surface area contributed by atoms with Crippen LogP contribution in [0.25, 0.3) is 11.3 Å². The van der Waals surface area contributed by atoms with Crippen LogP contribution in [-0.4, -0.2) is 29.4 Å². The van der Waals surface area contributed by atoms with E-state index in [1.165, 1.54) is 5.56 Å². The molecule has 140 valence electrons. The van der Waals surface area contributed by atoms with Gasteiger partial charge < -0.3 is 14.8 Å². The van der Waals surface area contributed by atoms with Crippen molar-refractivity contribution >= 4 is 11.7 Å². The Balaban J connectivity index is 1.75. The fourth-order valence-corrected chi connectivity index (χ4v) is 2.53. The van der Waals surface area contributed by atoms with Gasteiger partial charge in [-0.2, -0.15) is 0 Å². The highest BCUT2D eigenvalue weighted by Crippen LogP contribution is 2.28. The van der Waals surface area contributed by atoms with Gasteiger partial charge in [-0.3, -0.25) is 4.79 Å². The standard InChI is InChI=1S/C20H21N3O4/c1-12-9-10-15(11-13(12)2)18-19(23-27-22-18)21-20(24)14(3)26-17-8-6-5-7-16(17)25-4/h5-11,14H,1-4H3,(H,21,23,24). The Kier molecular flexibility index (Phi) is 5.40. The lowest BCUT2D eigenvalue weighted by Crippen LogP contribution is -2.30. The van der Waals surface area contributed by atoms with E-state index >= 15 is 0 Å². The monoisotopic (exact) mass is 367 g/mol. The highest BCUT2D eigenvalue weighted by Gasteiger charge is 2.21. The molecule has 0 bridgehead atoms. The molecule has 27 heavy (non-hydrogen) atoms. The molecule has 0 aliphatic carbocycles. The first-order chi connectivity index (χ1) is 13.0. The number of carbonyl (C=O) groups excluding carboxylic acids is 1. The number of aryl methyl sites for hydroxylation is 2. The Morgan fingerprint density at radius 2 is 1.81 bits per heavy atom. The second-order valence-corrected chi connectivity index (χ2v) is 6.16. The van der Waals surface area contributed by atoms with Crippen molar-refractivity contribution in [1.29, 1.82) is 0 Å². The smallest absolute Gasteiger partial charge is 0.266 e. The van der Waals surface area contributed by atoms with Crippen molar-refractivity contribution in [1.82, 2.24) is 10.3 Å². The van der Waals surface area contributed by atoms with Gasteiger partial charge in [-0.05, 0) is 60.4 Å². The Hall–Kier alpha value is -3.35. The van der Waals surface area contributed by atoms with Crippen molar-refractivity contribution in [3.8, 4) is 22.8 Å². The third-order valence-corrected chi connectivity index (χ3v) is 4.25. The zero-order valence-electron chi connectivity index (χ0n) is 15.6. The summed E-state index contributed by atoms with van der Waals surface area (Å²) < 4.78 is 15.8. The number of hydrogen-bond acceptors (Lipinski definition) is 6. The van der Waals surface area contributed by atoms with Crippen LogP contribution in [0.4, 0.5) is 5.82 Å². The number of nitrogens with zero attached hydrogens (tertiary/aromatic N) is 2. The Labute approximate surface area is 157 Å². The van der Waals surface area contributed by atoms with Gasteiger partial charge in [0.15, 0.2) is 23.3 Å². The number of amides is 1. The van der Waals surface area contributed by atoms with Crippen molar-refractivity contribution in [2.75, 3.05) is 12.4 Å². The second-order valence-electron chi connectivity index (χ2n) is 6.16. The largest absolute Gasteiger partial charge is 0.493 e. The number of carbonyl (C=O) groups is 1. The van der Waals surface area contributed by atoms with Crippen LogP contribution in [0.3, 0.4) is 0 Å². The summed E-state index contributed by atoms with van der Waals surface area (Å²) in [5.74, 6) is 0.909. The molecule has 0 saturated carbocycles. The molecule has 0 spiro atoms. The van der Waals surface area contributed by atoms with Crippen LogP contribution < -0.4 is 14.8 Å². The van der Waals surface area contributed by atoms with E-state index in [9.17, 15) is 4.79 Å². The van der Waals surface area contributed by atoms with Crippen LogP contribution in [0.5, 0.6) is 11.5 Å². The normalized spacial score (nSPS) is 11.7. The van der Waals surface area contributed by atoms with Gasteiger partial charge in [0.2, 0.25) is 5.82 Å². The first-order valence-corrected chi connectivity index (χ1v) is 8.50. The van der Waals surface area contributed by atoms with Crippen LogP contribution in [-0.2, 0) is 4.79 Å². The van der Waals surface area contributed by atoms with E-state index in [1.54, 1.807) is 26.2 Å². The minimum Gasteiger partial charge on any atom is -0.493 e. The lowest BCUT2D eigenvalue weighted by atomic mass is 10.0. The van der Waals surface area contributed by atoms with Crippen LogP contribution in [0, 0.1) is 13.8 Å². The van der Waals surface area contributed by atoms with E-state index < -0.39 is 6.10 Å². The summed E-state index contributed by atoms with van der Waals surface area (Å²) in [6.45, 7) is 5.68. The molecule has 0 fully saturated rings. The molecule has 1 aromatic heterocycles. The molecule has 1 atom stereocenters. The summed E-state index contributed by atoms with van der Waals surface area (Å²) in [7, 11) is 1.55. The summed E-state index contributed by atoms with van der Waals surface area (Å²) in [4.78, 5) is 12.5. The van der Waals surface area contributed by atoms with Crippen LogP contribution >= 0.6 is 0 Å². The molecule has 0 aliphatic rings. The fourth-order valence-electron chi connectivity index (χ4n) is 2.53. The maximum atomic E-state index is 12.5. The molecule has 3 rings (SSSR count). The zero-order chi connectivity index (χ0) is 19.4. The predicted molar refractivity (Wildman–Crippen MR) is 101 cm³/mol. The van der Waals surface area contributed by atoms with Gasteiger partial charge in [-0.15, -0.1) is 0 Å². The van der Waals surface area contributed by atoms with Gasteiger partial charge in [0.1, 0.15) is 0 Å². The zero-order valence-corrected chi connectivity index (χ0v) is 15.6. The van der Waals surface area contributed by atoms with Crippen molar-refractivity contribution in [3.05, 3.63) is 53.6 Å². The molecule has 1 unspecified atom stereocenters. The molecule has 0 radical (unpaired) electrons. The second kappa shape index (κ2) is 7.90. The third-order valence-electron chi connectivity index (χ3n) is 4.25. The summed E-state index contributed by atoms with van der Waals surface area (Å²) in [5, 5.41) is 10.4. The van der Waals surface area contributed by atoms with Crippen molar-refractivity contribution < 1.29 is 18.9 Å². The van der Waals surface area contributed by atoms with E-state index in [-0.39, 0.29) is 11.7 Å². The molecular formula is C20H21N3O4. The van der Waals surface area contributed by atoms with Crippen LogP contribution in [0.15, 0.2) is 47.1 Å². The number of benzene rings is 2. The highest BCUT2D eigenvalue weighted by atomic mass is 16.6. The van der Waals surface area contributed by atoms with Gasteiger partial charge in [-0.1, -0.05) is 24.3 Å². The lowest BCUT2D eigenvalue weighted by molar-refractivity contribution is -0.122. The number of methoxy groups -OCH3 is 1. The minimum absolute atomic E-state index is 0.249. The van der Waals surface area contributed by atoms with Crippen LogP contribution in [0.2, 0.25) is 0 Å². The van der Waals surface area contributed by atoms with E-state index in [1.807, 2.05) is 44.2 Å². The number of ether oxygens (including phenoxy) is 2. The Morgan fingerprint density at radius 3 is 2.52 bits per heavy atom. The highest BCUT2D eigenvalue weighted by molar-refractivity contribution is 5.96. The molecule has 1 amide bonds. The predicted octanol–water partition coefficient (Wildman–Crippen LogP) is 3.77. The number of hydrogen-bond donors (Lipinski definition) is 1. The molecule has 3 aromatic rings. The van der Waals surface area contributed by atoms with Crippen molar-refractivity contribution in [2.45, 2.75) is 26.9 Å². The van der Waals surface area contributed by atoms with Crippen LogP contribution in [0.1, 0.15) is 18.1 Å². The molecule has 0 saturated heterocycles. The SMILES string of the molecule is COc1ccccc1OC(C)C(=O)Nc1nonc1-c1ccc(C)c(C)c1. The number of rotatable bonds is 6. The maximum Gasteiger partial charge on any atom is 0.266 e. The Bertz CT molecular complexity index is 952. The average molecular weight is 367 g/mol. The molecular weight excluding hydrogens is 346 g/mol. The summed E-state index contributed by atoms with van der Waals surface area (Å²) in [6, 6.07) is 13.0. The Morgan fingerprint density at radius 1 is 1.07 bits per heavy atom. The molecule has 1 N–H and O–H groups in total. The topological polar surface area (TPSA) is 86.5 Å². The van der Waals surface area contributed by atoms with Gasteiger partial charge in [-0.25, -0.2) is 4.63 Å². The molecule has 2 aromatic carbocycles. The third kappa shape index (κ3) is 4.08. The fraction of sp³-hybridized carbons (Fsp3) is 0.250. The van der Waals surface area contributed by atoms with E-state index in [0.29, 0.717) is 17.2 Å². The number of aromatic nitrogens is 2. The van der Waals surface area contributed by atoms with E-state index in [4.69, 9.17) is 14.1 Å². The summed E-state index contributed by atoms with van der Waals surface area (Å²) in [5.41, 5.74) is 3.56. The molecule has 7 nitrogen and oxygen atoms in total. The van der Waals surface area contributed by atoms with E-state index in [2.05, 4.69) is 15.6 Å². The first kappa shape index (κ1) is 18.4. The summed E-state index contributed by atoms with van der Waals surface area (Å²) >= 11 is 0. The quantitative estimate of drug-likeness (QED) is 0.714. The van der Waals surface area contributed by atoms with Gasteiger partial charge >= 0.3 is 0 Å². The number of anilines is 1. The van der Waals surface area contributed by atoms with Crippen molar-refractivity contribution in [3.63, 3.8) is 0 Å². The van der Waals surface area contributed by atoms with Gasteiger partial charge in [0.05, 0.1) is 7.11 Å². The number of nitrogens with one attached hydrogen (secondary N) is 1. The lowest BCUT2D eigenvalue weighted by Gasteiger charge is -2.16. The minimum atomic E-state index is -0.773.